The zero-order valence-electron chi connectivity index (χ0n) is 13.0. The monoisotopic (exact) mass is 357 g/mol. The number of rotatable bonds is 5. The van der Waals surface area contributed by atoms with Crippen LogP contribution < -0.4 is 0 Å². The molecule has 0 bridgehead atoms. The van der Waals surface area contributed by atoms with Crippen molar-refractivity contribution in [2.24, 2.45) is 12.5 Å². The number of carbonyl (C=O) groups is 1. The molecular weight excluding hydrogens is 334 g/mol. The normalized spacial score (nSPS) is 18.9. The maximum atomic E-state index is 11.6. The van der Waals surface area contributed by atoms with E-state index in [0.717, 1.165) is 61.2 Å². The Balaban J connectivity index is 2.02. The van der Waals surface area contributed by atoms with E-state index in [9.17, 15) is 9.90 Å². The molecule has 0 unspecified atom stereocenters. The first-order chi connectivity index (χ1) is 9.89. The van der Waals surface area contributed by atoms with Crippen LogP contribution in [0.15, 0.2) is 4.47 Å². The minimum atomic E-state index is -0.624. The second kappa shape index (κ2) is 6.48. The molecule has 1 aromatic heterocycles. The molecule has 0 saturated carbocycles. The Morgan fingerprint density at radius 3 is 2.48 bits per heavy atom. The molecule has 5 nitrogen and oxygen atoms in total. The fourth-order valence-electron chi connectivity index (χ4n) is 3.25. The number of likely N-dealkylation sites (tertiary alicyclic amines) is 1. The summed E-state index contributed by atoms with van der Waals surface area (Å²) < 4.78 is 2.97. The quantitative estimate of drug-likeness (QED) is 0.879. The van der Waals surface area contributed by atoms with E-state index in [-0.39, 0.29) is 0 Å². The second-order valence-corrected chi connectivity index (χ2v) is 6.87. The van der Waals surface area contributed by atoms with Crippen LogP contribution in [0.4, 0.5) is 0 Å². The zero-order chi connectivity index (χ0) is 15.6. The van der Waals surface area contributed by atoms with E-state index in [1.165, 1.54) is 0 Å². The van der Waals surface area contributed by atoms with E-state index < -0.39 is 11.4 Å². The lowest BCUT2D eigenvalue weighted by Crippen LogP contribution is -2.44. The second-order valence-electron chi connectivity index (χ2n) is 6.08. The van der Waals surface area contributed by atoms with Crippen LogP contribution in [0, 0.1) is 12.3 Å². The number of piperidine rings is 1. The third kappa shape index (κ3) is 3.31. The molecule has 2 rings (SSSR count). The van der Waals surface area contributed by atoms with Gasteiger partial charge in [0.25, 0.3) is 0 Å². The molecule has 1 N–H and O–H groups in total. The van der Waals surface area contributed by atoms with Crippen molar-refractivity contribution < 1.29 is 9.90 Å². The van der Waals surface area contributed by atoms with Gasteiger partial charge in [0.05, 0.1) is 21.3 Å². The van der Waals surface area contributed by atoms with Gasteiger partial charge in [-0.15, -0.1) is 0 Å². The Morgan fingerprint density at radius 2 is 2.05 bits per heavy atom. The van der Waals surface area contributed by atoms with Crippen molar-refractivity contribution in [3.63, 3.8) is 0 Å². The number of halogens is 1. The third-order valence-corrected chi connectivity index (χ3v) is 5.66. The Labute approximate surface area is 134 Å². The van der Waals surface area contributed by atoms with E-state index in [4.69, 9.17) is 0 Å². The number of aryl methyl sites for hydroxylation is 2. The van der Waals surface area contributed by atoms with Gasteiger partial charge >= 0.3 is 5.97 Å². The van der Waals surface area contributed by atoms with Crippen LogP contribution in [0.5, 0.6) is 0 Å². The first kappa shape index (κ1) is 16.5. The number of carboxylic acids is 1. The van der Waals surface area contributed by atoms with Crippen molar-refractivity contribution in [1.82, 2.24) is 14.7 Å². The summed E-state index contributed by atoms with van der Waals surface area (Å²) in [6, 6.07) is 0. The SMILES string of the molecule is CCCC1(C(=O)O)CCN(Cc2c(Br)c(C)nn2C)CC1. The molecule has 0 amide bonds. The first-order valence-corrected chi connectivity index (χ1v) is 8.32. The molecule has 118 valence electrons. The summed E-state index contributed by atoms with van der Waals surface area (Å²) in [5.74, 6) is -0.624. The summed E-state index contributed by atoms with van der Waals surface area (Å²) in [4.78, 5) is 13.9. The van der Waals surface area contributed by atoms with E-state index >= 15 is 0 Å². The molecule has 1 aliphatic rings. The van der Waals surface area contributed by atoms with Crippen LogP contribution in [0.2, 0.25) is 0 Å². The minimum absolute atomic E-state index is 0.509. The van der Waals surface area contributed by atoms with Gasteiger partial charge in [0.1, 0.15) is 0 Å². The molecule has 2 heterocycles. The van der Waals surface area contributed by atoms with Gasteiger partial charge in [-0.25, -0.2) is 0 Å². The Bertz CT molecular complexity index is 519. The highest BCUT2D eigenvalue weighted by molar-refractivity contribution is 9.10. The van der Waals surface area contributed by atoms with Gasteiger partial charge in [0, 0.05) is 13.6 Å². The lowest BCUT2D eigenvalue weighted by atomic mass is 9.75. The van der Waals surface area contributed by atoms with E-state index in [1.807, 2.05) is 18.7 Å². The van der Waals surface area contributed by atoms with Gasteiger partial charge < -0.3 is 5.11 Å². The molecule has 0 aromatic carbocycles. The van der Waals surface area contributed by atoms with Crippen molar-refractivity contribution in [2.75, 3.05) is 13.1 Å². The average Bonchev–Trinajstić information content (AvgIpc) is 2.67. The summed E-state index contributed by atoms with van der Waals surface area (Å²) in [5.41, 5.74) is 1.64. The van der Waals surface area contributed by atoms with Crippen LogP contribution in [0.25, 0.3) is 0 Å². The fourth-order valence-corrected chi connectivity index (χ4v) is 3.71. The molecule has 0 spiro atoms. The standard InChI is InChI=1S/C15H24BrN3O2/c1-4-5-15(14(20)21)6-8-19(9-7-15)10-12-13(16)11(2)17-18(12)3/h4-10H2,1-3H3,(H,20,21). The van der Waals surface area contributed by atoms with Crippen LogP contribution in [0.3, 0.4) is 0 Å². The molecule has 1 aliphatic heterocycles. The third-order valence-electron chi connectivity index (χ3n) is 4.63. The van der Waals surface area contributed by atoms with Crippen LogP contribution >= 0.6 is 15.9 Å². The van der Waals surface area contributed by atoms with Crippen LogP contribution in [0.1, 0.15) is 44.0 Å². The topological polar surface area (TPSA) is 58.4 Å². The average molecular weight is 358 g/mol. The molecular formula is C15H24BrN3O2. The number of aliphatic carboxylic acids is 1. The molecule has 0 radical (unpaired) electrons. The molecule has 1 fully saturated rings. The van der Waals surface area contributed by atoms with Gasteiger partial charge in [-0.1, -0.05) is 13.3 Å². The summed E-state index contributed by atoms with van der Waals surface area (Å²) in [7, 11) is 1.95. The van der Waals surface area contributed by atoms with Gasteiger partial charge in [0.2, 0.25) is 0 Å². The van der Waals surface area contributed by atoms with Crippen molar-refractivity contribution in [2.45, 2.75) is 46.1 Å². The van der Waals surface area contributed by atoms with Crippen molar-refractivity contribution >= 4 is 21.9 Å². The molecule has 0 aliphatic carbocycles. The summed E-state index contributed by atoms with van der Waals surface area (Å²) in [5, 5.41) is 14.0. The Kier molecular flexibility index (Phi) is 5.09. The van der Waals surface area contributed by atoms with E-state index in [1.54, 1.807) is 0 Å². The zero-order valence-corrected chi connectivity index (χ0v) is 14.6. The predicted molar refractivity (Wildman–Crippen MR) is 85.1 cm³/mol. The first-order valence-electron chi connectivity index (χ1n) is 7.53. The Morgan fingerprint density at radius 1 is 1.43 bits per heavy atom. The highest BCUT2D eigenvalue weighted by Crippen LogP contribution is 2.37. The van der Waals surface area contributed by atoms with Crippen LogP contribution in [-0.4, -0.2) is 38.8 Å². The lowest BCUT2D eigenvalue weighted by Gasteiger charge is -2.38. The summed E-state index contributed by atoms with van der Waals surface area (Å²) in [6.07, 6.45) is 3.19. The minimum Gasteiger partial charge on any atom is -0.481 e. The van der Waals surface area contributed by atoms with Crippen molar-refractivity contribution in [3.8, 4) is 0 Å². The summed E-state index contributed by atoms with van der Waals surface area (Å²) >= 11 is 3.59. The number of carboxylic acid groups (broad SMARTS) is 1. The molecule has 0 atom stereocenters. The van der Waals surface area contributed by atoms with Crippen molar-refractivity contribution in [3.05, 3.63) is 15.9 Å². The number of aromatic nitrogens is 2. The van der Waals surface area contributed by atoms with Gasteiger partial charge in [-0.05, 0) is 55.2 Å². The molecule has 6 heteroatoms. The van der Waals surface area contributed by atoms with E-state index in [0.29, 0.717) is 0 Å². The van der Waals surface area contributed by atoms with Crippen LogP contribution in [-0.2, 0) is 18.4 Å². The van der Waals surface area contributed by atoms with Gasteiger partial charge in [-0.3, -0.25) is 14.4 Å². The fraction of sp³-hybridized carbons (Fsp3) is 0.733. The van der Waals surface area contributed by atoms with Gasteiger partial charge in [0.15, 0.2) is 0 Å². The predicted octanol–water partition coefficient (Wildman–Crippen LogP) is 2.96. The number of hydrogen-bond donors (Lipinski definition) is 1. The molecule has 1 aromatic rings. The smallest absolute Gasteiger partial charge is 0.309 e. The van der Waals surface area contributed by atoms with Crippen molar-refractivity contribution in [1.29, 1.82) is 0 Å². The number of hydrogen-bond acceptors (Lipinski definition) is 3. The summed E-state index contributed by atoms with van der Waals surface area (Å²) in [6.45, 7) is 6.54. The maximum absolute atomic E-state index is 11.6. The maximum Gasteiger partial charge on any atom is 0.309 e. The largest absolute Gasteiger partial charge is 0.481 e. The Hall–Kier alpha value is -0.880. The lowest BCUT2D eigenvalue weighted by molar-refractivity contribution is -0.152. The molecule has 21 heavy (non-hydrogen) atoms. The highest BCUT2D eigenvalue weighted by atomic mass is 79.9. The number of nitrogens with zero attached hydrogens (tertiary/aromatic N) is 3. The van der Waals surface area contributed by atoms with E-state index in [2.05, 4.69) is 32.9 Å². The molecule has 1 saturated heterocycles. The highest BCUT2D eigenvalue weighted by Gasteiger charge is 2.40. The van der Waals surface area contributed by atoms with Gasteiger partial charge in [-0.2, -0.15) is 5.10 Å².